The van der Waals surface area contributed by atoms with E-state index in [1.165, 1.54) is 7.11 Å². The molecule has 202 valence electrons. The molecule has 2 amide bonds. The van der Waals surface area contributed by atoms with Crippen LogP contribution >= 0.6 is 0 Å². The quantitative estimate of drug-likeness (QED) is 0.210. The lowest BCUT2D eigenvalue weighted by atomic mass is 10.0. The largest absolute Gasteiger partial charge is 0.469 e. The number of oxime groups is 1. The average Bonchev–Trinajstić information content (AvgIpc) is 3.39. The SMILES string of the molecule is CCCCN(Cc1ccccc1)C(=O)[C@H](CC(=O)OC)NC(=O)CC1CC(c2ccc(C(=N)N)cc2)=NO1. The van der Waals surface area contributed by atoms with Crippen molar-refractivity contribution in [2.75, 3.05) is 13.7 Å². The molecule has 0 spiro atoms. The monoisotopic (exact) mass is 521 g/mol. The Morgan fingerprint density at radius 1 is 1.18 bits per heavy atom. The van der Waals surface area contributed by atoms with Crippen LogP contribution in [0, 0.1) is 5.41 Å². The Kier molecular flexibility index (Phi) is 10.4. The van der Waals surface area contributed by atoms with Crippen LogP contribution in [0.1, 0.15) is 55.7 Å². The molecule has 1 aliphatic rings. The molecule has 4 N–H and O–H groups in total. The van der Waals surface area contributed by atoms with Gasteiger partial charge in [0.1, 0.15) is 18.0 Å². The number of unbranched alkanes of at least 4 members (excludes halogenated alkanes) is 1. The van der Waals surface area contributed by atoms with E-state index < -0.39 is 24.0 Å². The van der Waals surface area contributed by atoms with Gasteiger partial charge >= 0.3 is 5.97 Å². The molecular weight excluding hydrogens is 486 g/mol. The number of nitrogens with one attached hydrogen (secondary N) is 2. The van der Waals surface area contributed by atoms with Gasteiger partial charge in [-0.1, -0.05) is 73.1 Å². The van der Waals surface area contributed by atoms with Crippen LogP contribution in [0.2, 0.25) is 0 Å². The number of amides is 2. The third kappa shape index (κ3) is 8.16. The number of methoxy groups -OCH3 is 1. The highest BCUT2D eigenvalue weighted by Gasteiger charge is 2.31. The third-order valence-corrected chi connectivity index (χ3v) is 6.22. The molecule has 1 aliphatic heterocycles. The van der Waals surface area contributed by atoms with Gasteiger partial charge in [-0.15, -0.1) is 0 Å². The molecule has 10 nitrogen and oxygen atoms in total. The number of nitrogen functional groups attached to an aromatic ring is 1. The van der Waals surface area contributed by atoms with Crippen molar-refractivity contribution >= 4 is 29.3 Å². The van der Waals surface area contributed by atoms with Crippen molar-refractivity contribution in [2.24, 2.45) is 10.9 Å². The van der Waals surface area contributed by atoms with E-state index in [1.54, 1.807) is 29.2 Å². The van der Waals surface area contributed by atoms with Crippen LogP contribution in [0.15, 0.2) is 59.8 Å². The molecule has 1 unspecified atom stereocenters. The fourth-order valence-electron chi connectivity index (χ4n) is 4.10. The summed E-state index contributed by atoms with van der Waals surface area (Å²) in [6.45, 7) is 2.91. The van der Waals surface area contributed by atoms with Crippen molar-refractivity contribution in [2.45, 2.75) is 57.7 Å². The Balaban J connectivity index is 1.64. The van der Waals surface area contributed by atoms with Gasteiger partial charge in [0.25, 0.3) is 0 Å². The second-order valence-corrected chi connectivity index (χ2v) is 9.16. The van der Waals surface area contributed by atoms with Gasteiger partial charge in [0.05, 0.1) is 25.7 Å². The first-order chi connectivity index (χ1) is 18.3. The summed E-state index contributed by atoms with van der Waals surface area (Å²) in [5.74, 6) is -1.37. The van der Waals surface area contributed by atoms with E-state index in [0.717, 1.165) is 24.0 Å². The molecule has 0 fully saturated rings. The minimum atomic E-state index is -1.06. The number of amidine groups is 1. The molecule has 2 aromatic carbocycles. The summed E-state index contributed by atoms with van der Waals surface area (Å²) in [5, 5.41) is 14.3. The lowest BCUT2D eigenvalue weighted by Crippen LogP contribution is -2.50. The summed E-state index contributed by atoms with van der Waals surface area (Å²) in [4.78, 5) is 45.7. The van der Waals surface area contributed by atoms with Crippen molar-refractivity contribution < 1.29 is 24.0 Å². The Morgan fingerprint density at radius 2 is 1.89 bits per heavy atom. The molecule has 10 heteroatoms. The predicted octanol–water partition coefficient (Wildman–Crippen LogP) is 2.73. The zero-order valence-electron chi connectivity index (χ0n) is 21.8. The zero-order chi connectivity index (χ0) is 27.5. The second kappa shape index (κ2) is 13.9. The molecule has 2 aromatic rings. The maximum absolute atomic E-state index is 13.5. The smallest absolute Gasteiger partial charge is 0.308 e. The number of esters is 1. The highest BCUT2D eigenvalue weighted by atomic mass is 16.6. The van der Waals surface area contributed by atoms with Crippen molar-refractivity contribution in [3.05, 3.63) is 71.3 Å². The number of carbonyl (C=O) groups excluding carboxylic acids is 3. The molecule has 0 aromatic heterocycles. The van der Waals surface area contributed by atoms with Crippen molar-refractivity contribution in [1.82, 2.24) is 10.2 Å². The number of rotatable bonds is 13. The van der Waals surface area contributed by atoms with Gasteiger partial charge in [0.2, 0.25) is 11.8 Å². The van der Waals surface area contributed by atoms with E-state index in [-0.39, 0.29) is 24.6 Å². The minimum absolute atomic E-state index is 0.0243. The van der Waals surface area contributed by atoms with E-state index in [2.05, 4.69) is 10.5 Å². The molecule has 0 saturated carbocycles. The molecule has 38 heavy (non-hydrogen) atoms. The van der Waals surface area contributed by atoms with E-state index >= 15 is 0 Å². The normalized spacial score (nSPS) is 15.1. The lowest BCUT2D eigenvalue weighted by molar-refractivity contribution is -0.146. The van der Waals surface area contributed by atoms with Crippen LogP contribution in [-0.4, -0.2) is 60.0 Å². The Morgan fingerprint density at radius 3 is 2.53 bits per heavy atom. The van der Waals surface area contributed by atoms with Gasteiger partial charge in [-0.3, -0.25) is 19.8 Å². The van der Waals surface area contributed by atoms with Gasteiger partial charge in [-0.25, -0.2) is 0 Å². The summed E-state index contributed by atoms with van der Waals surface area (Å²) in [6, 6.07) is 15.6. The van der Waals surface area contributed by atoms with Crippen molar-refractivity contribution in [3.63, 3.8) is 0 Å². The van der Waals surface area contributed by atoms with Crippen LogP contribution in [0.4, 0.5) is 0 Å². The number of ether oxygens (including phenoxy) is 1. The van der Waals surface area contributed by atoms with Gasteiger partial charge < -0.3 is 25.5 Å². The summed E-state index contributed by atoms with van der Waals surface area (Å²) in [7, 11) is 1.25. The number of nitrogens with two attached hydrogens (primary N) is 1. The third-order valence-electron chi connectivity index (χ3n) is 6.22. The number of benzene rings is 2. The summed E-state index contributed by atoms with van der Waals surface area (Å²) in [6.07, 6.45) is 1.28. The zero-order valence-corrected chi connectivity index (χ0v) is 21.8. The maximum Gasteiger partial charge on any atom is 0.308 e. The van der Waals surface area contributed by atoms with E-state index in [0.29, 0.717) is 30.8 Å². The van der Waals surface area contributed by atoms with Gasteiger partial charge in [0.15, 0.2) is 0 Å². The van der Waals surface area contributed by atoms with E-state index in [1.807, 2.05) is 37.3 Å². The molecule has 0 saturated heterocycles. The van der Waals surface area contributed by atoms with Gasteiger partial charge in [0, 0.05) is 25.1 Å². The van der Waals surface area contributed by atoms with Crippen LogP contribution in [0.5, 0.6) is 0 Å². The first-order valence-corrected chi connectivity index (χ1v) is 12.7. The topological polar surface area (TPSA) is 147 Å². The molecule has 0 radical (unpaired) electrons. The average molecular weight is 522 g/mol. The summed E-state index contributed by atoms with van der Waals surface area (Å²) in [5.41, 5.74) is 8.55. The summed E-state index contributed by atoms with van der Waals surface area (Å²) >= 11 is 0. The highest BCUT2D eigenvalue weighted by molar-refractivity contribution is 6.03. The van der Waals surface area contributed by atoms with Gasteiger partial charge in [-0.2, -0.15) is 0 Å². The van der Waals surface area contributed by atoms with Crippen molar-refractivity contribution in [3.8, 4) is 0 Å². The molecule has 3 rings (SSSR count). The van der Waals surface area contributed by atoms with Gasteiger partial charge in [-0.05, 0) is 17.5 Å². The van der Waals surface area contributed by atoms with E-state index in [4.69, 9.17) is 20.7 Å². The fourth-order valence-corrected chi connectivity index (χ4v) is 4.10. The molecule has 1 heterocycles. The first kappa shape index (κ1) is 28.4. The van der Waals surface area contributed by atoms with Crippen LogP contribution in [0.3, 0.4) is 0 Å². The number of nitrogens with zero attached hydrogens (tertiary/aromatic N) is 2. The van der Waals surface area contributed by atoms with Crippen LogP contribution in [-0.2, 0) is 30.5 Å². The van der Waals surface area contributed by atoms with Crippen molar-refractivity contribution in [1.29, 1.82) is 5.41 Å². The standard InChI is InChI=1S/C28H35N5O5/c1-3-4-14-33(18-19-8-6-5-7-9-19)28(36)24(17-26(35)37-2)31-25(34)16-22-15-23(32-38-22)20-10-12-21(13-11-20)27(29)30/h5-13,22,24H,3-4,14-18H2,1-2H3,(H3,29,30)(H,31,34)/t22?,24-/m0/s1. The summed E-state index contributed by atoms with van der Waals surface area (Å²) < 4.78 is 4.79. The van der Waals surface area contributed by atoms with Crippen LogP contribution in [0.25, 0.3) is 0 Å². The molecule has 2 atom stereocenters. The Labute approximate surface area is 222 Å². The molecule has 0 aliphatic carbocycles. The number of carbonyl (C=O) groups is 3. The second-order valence-electron chi connectivity index (χ2n) is 9.16. The maximum atomic E-state index is 13.5. The Bertz CT molecular complexity index is 1150. The lowest BCUT2D eigenvalue weighted by Gasteiger charge is -2.28. The minimum Gasteiger partial charge on any atom is -0.469 e. The van der Waals surface area contributed by atoms with E-state index in [9.17, 15) is 14.4 Å². The highest BCUT2D eigenvalue weighted by Crippen LogP contribution is 2.20. The number of hydrogen-bond acceptors (Lipinski definition) is 7. The van der Waals surface area contributed by atoms with Crippen LogP contribution < -0.4 is 11.1 Å². The Hall–Kier alpha value is -4.21. The predicted molar refractivity (Wildman–Crippen MR) is 143 cm³/mol. The number of hydrogen-bond donors (Lipinski definition) is 3. The first-order valence-electron chi connectivity index (χ1n) is 12.7. The molecule has 0 bridgehead atoms. The molecular formula is C28H35N5O5. The fraction of sp³-hybridized carbons (Fsp3) is 0.393.